The number of hydrogen-bond donors (Lipinski definition) is 2. The average Bonchev–Trinajstić information content (AvgIpc) is 2.72. The van der Waals surface area contributed by atoms with Gasteiger partial charge in [0.15, 0.2) is 0 Å². The average molecular weight is 238 g/mol. The zero-order valence-corrected chi connectivity index (χ0v) is 11.3. The third-order valence-electron chi connectivity index (χ3n) is 3.02. The Bertz CT molecular complexity index is 306. The van der Waals surface area contributed by atoms with Gasteiger partial charge < -0.3 is 4.57 Å². The molecule has 0 fully saturated rings. The van der Waals surface area contributed by atoms with Gasteiger partial charge in [-0.3, -0.25) is 11.3 Å². The van der Waals surface area contributed by atoms with E-state index < -0.39 is 0 Å². The van der Waals surface area contributed by atoms with Gasteiger partial charge in [-0.2, -0.15) is 0 Å². The molecule has 0 aliphatic heterocycles. The lowest BCUT2D eigenvalue weighted by molar-refractivity contribution is 0.423. The van der Waals surface area contributed by atoms with E-state index >= 15 is 0 Å². The number of nitrogens with zero attached hydrogens (tertiary/aromatic N) is 2. The zero-order chi connectivity index (χ0) is 12.7. The van der Waals surface area contributed by atoms with E-state index in [1.165, 1.54) is 6.42 Å². The van der Waals surface area contributed by atoms with Crippen LogP contribution in [-0.4, -0.2) is 15.6 Å². The van der Waals surface area contributed by atoms with Crippen molar-refractivity contribution in [2.24, 2.45) is 11.8 Å². The molecule has 1 heterocycles. The number of hydrazine groups is 1. The summed E-state index contributed by atoms with van der Waals surface area (Å²) < 4.78 is 2.22. The fourth-order valence-electron chi connectivity index (χ4n) is 1.97. The monoisotopic (exact) mass is 238 g/mol. The molecule has 0 aliphatic carbocycles. The van der Waals surface area contributed by atoms with E-state index in [2.05, 4.69) is 41.9 Å². The van der Waals surface area contributed by atoms with Crippen LogP contribution in [0.15, 0.2) is 12.4 Å². The highest BCUT2D eigenvalue weighted by Gasteiger charge is 2.12. The number of hydrogen-bond acceptors (Lipinski definition) is 3. The Labute approximate surface area is 105 Å². The van der Waals surface area contributed by atoms with E-state index in [1.807, 2.05) is 6.20 Å². The Morgan fingerprint density at radius 1 is 1.41 bits per heavy atom. The first-order chi connectivity index (χ1) is 8.17. The van der Waals surface area contributed by atoms with Gasteiger partial charge in [0, 0.05) is 31.4 Å². The molecule has 4 heteroatoms. The summed E-state index contributed by atoms with van der Waals surface area (Å²) in [6.07, 6.45) is 8.28. The highest BCUT2D eigenvalue weighted by Crippen LogP contribution is 2.10. The molecule has 4 nitrogen and oxygen atoms in total. The van der Waals surface area contributed by atoms with Crippen LogP contribution < -0.4 is 11.3 Å². The summed E-state index contributed by atoms with van der Waals surface area (Å²) in [7, 11) is 0. The minimum absolute atomic E-state index is 0.329. The highest BCUT2D eigenvalue weighted by atomic mass is 15.2. The number of aryl methyl sites for hydroxylation is 1. The quantitative estimate of drug-likeness (QED) is 0.538. The molecule has 1 aromatic rings. The Morgan fingerprint density at radius 2 is 2.18 bits per heavy atom. The molecular weight excluding hydrogens is 212 g/mol. The third-order valence-corrected chi connectivity index (χ3v) is 3.02. The van der Waals surface area contributed by atoms with E-state index in [1.54, 1.807) is 0 Å². The summed E-state index contributed by atoms with van der Waals surface area (Å²) in [4.78, 5) is 4.42. The maximum absolute atomic E-state index is 5.61. The smallest absolute Gasteiger partial charge is 0.110 e. The molecular formula is C13H26N4. The molecule has 17 heavy (non-hydrogen) atoms. The number of rotatable bonds is 8. The van der Waals surface area contributed by atoms with E-state index in [9.17, 15) is 0 Å². The second kappa shape index (κ2) is 7.45. The molecule has 0 bridgehead atoms. The van der Waals surface area contributed by atoms with Crippen molar-refractivity contribution in [3.05, 3.63) is 18.2 Å². The summed E-state index contributed by atoms with van der Waals surface area (Å²) >= 11 is 0. The molecule has 0 amide bonds. The Hall–Kier alpha value is -0.870. The number of nitrogens with one attached hydrogen (secondary N) is 1. The van der Waals surface area contributed by atoms with Crippen molar-refractivity contribution in [3.8, 4) is 0 Å². The molecule has 0 aliphatic rings. The lowest BCUT2D eigenvalue weighted by atomic mass is 10.0. The van der Waals surface area contributed by atoms with Gasteiger partial charge in [0.05, 0.1) is 0 Å². The second-order valence-electron chi connectivity index (χ2n) is 5.08. The molecule has 0 spiro atoms. The van der Waals surface area contributed by atoms with Crippen LogP contribution in [0.1, 0.15) is 45.9 Å². The highest BCUT2D eigenvalue weighted by molar-refractivity contribution is 4.95. The standard InChI is InChI=1S/C13H26N4/c1-4-8-17-9-7-15-13(17)10-12(16-14)6-5-11(2)3/h7,9,11-12,16H,4-6,8,10,14H2,1-3H3. The van der Waals surface area contributed by atoms with Crippen LogP contribution in [0.4, 0.5) is 0 Å². The van der Waals surface area contributed by atoms with E-state index in [4.69, 9.17) is 5.84 Å². The SMILES string of the molecule is CCCn1ccnc1CC(CCC(C)C)NN. The topological polar surface area (TPSA) is 55.9 Å². The van der Waals surface area contributed by atoms with Gasteiger partial charge in [-0.15, -0.1) is 0 Å². The minimum atomic E-state index is 0.329. The molecule has 1 rings (SSSR count). The van der Waals surface area contributed by atoms with Crippen molar-refractivity contribution >= 4 is 0 Å². The van der Waals surface area contributed by atoms with Gasteiger partial charge in [0.1, 0.15) is 5.82 Å². The molecule has 1 unspecified atom stereocenters. The van der Waals surface area contributed by atoms with Gasteiger partial charge in [-0.1, -0.05) is 20.8 Å². The molecule has 3 N–H and O–H groups in total. The van der Waals surface area contributed by atoms with Crippen molar-refractivity contribution in [2.45, 2.75) is 59.0 Å². The zero-order valence-electron chi connectivity index (χ0n) is 11.3. The lowest BCUT2D eigenvalue weighted by Crippen LogP contribution is -2.37. The molecule has 1 atom stereocenters. The molecule has 0 saturated carbocycles. The van der Waals surface area contributed by atoms with Crippen LogP contribution in [0.2, 0.25) is 0 Å². The number of nitrogens with two attached hydrogens (primary N) is 1. The summed E-state index contributed by atoms with van der Waals surface area (Å²) in [6.45, 7) is 7.70. The minimum Gasteiger partial charge on any atom is -0.335 e. The van der Waals surface area contributed by atoms with Crippen molar-refractivity contribution in [1.29, 1.82) is 0 Å². The number of imidazole rings is 1. The van der Waals surface area contributed by atoms with Crippen LogP contribution in [0.5, 0.6) is 0 Å². The van der Waals surface area contributed by atoms with Crippen LogP contribution in [0.25, 0.3) is 0 Å². The van der Waals surface area contributed by atoms with Gasteiger partial charge in [-0.25, -0.2) is 4.98 Å². The van der Waals surface area contributed by atoms with E-state index in [0.717, 1.165) is 37.5 Å². The van der Waals surface area contributed by atoms with Gasteiger partial charge in [0.25, 0.3) is 0 Å². The summed E-state index contributed by atoms with van der Waals surface area (Å²) in [5.74, 6) is 7.47. The maximum Gasteiger partial charge on any atom is 0.110 e. The Balaban J connectivity index is 2.51. The summed E-state index contributed by atoms with van der Waals surface area (Å²) in [5.41, 5.74) is 2.91. The molecule has 98 valence electrons. The largest absolute Gasteiger partial charge is 0.335 e. The molecule has 0 radical (unpaired) electrons. The summed E-state index contributed by atoms with van der Waals surface area (Å²) in [6, 6.07) is 0.329. The predicted molar refractivity (Wildman–Crippen MR) is 71.4 cm³/mol. The van der Waals surface area contributed by atoms with Crippen LogP contribution >= 0.6 is 0 Å². The van der Waals surface area contributed by atoms with Crippen LogP contribution in [-0.2, 0) is 13.0 Å². The molecule has 0 aromatic carbocycles. The fraction of sp³-hybridized carbons (Fsp3) is 0.769. The van der Waals surface area contributed by atoms with Gasteiger partial charge in [-0.05, 0) is 25.2 Å². The van der Waals surface area contributed by atoms with Crippen molar-refractivity contribution < 1.29 is 0 Å². The first-order valence-electron chi connectivity index (χ1n) is 6.63. The lowest BCUT2D eigenvalue weighted by Gasteiger charge is -2.17. The van der Waals surface area contributed by atoms with Gasteiger partial charge >= 0.3 is 0 Å². The summed E-state index contributed by atoms with van der Waals surface area (Å²) in [5, 5.41) is 0. The first-order valence-corrected chi connectivity index (χ1v) is 6.63. The Kier molecular flexibility index (Phi) is 6.22. The maximum atomic E-state index is 5.61. The second-order valence-corrected chi connectivity index (χ2v) is 5.08. The van der Waals surface area contributed by atoms with Crippen molar-refractivity contribution in [2.75, 3.05) is 0 Å². The van der Waals surface area contributed by atoms with Crippen LogP contribution in [0.3, 0.4) is 0 Å². The molecule has 1 aromatic heterocycles. The van der Waals surface area contributed by atoms with Gasteiger partial charge in [0.2, 0.25) is 0 Å². The fourth-order valence-corrected chi connectivity index (χ4v) is 1.97. The van der Waals surface area contributed by atoms with Crippen molar-refractivity contribution in [1.82, 2.24) is 15.0 Å². The first kappa shape index (κ1) is 14.2. The van der Waals surface area contributed by atoms with Crippen molar-refractivity contribution in [3.63, 3.8) is 0 Å². The normalized spacial score (nSPS) is 13.2. The van der Waals surface area contributed by atoms with E-state index in [0.29, 0.717) is 6.04 Å². The van der Waals surface area contributed by atoms with Crippen LogP contribution in [0, 0.1) is 5.92 Å². The Morgan fingerprint density at radius 3 is 2.76 bits per heavy atom. The number of aromatic nitrogens is 2. The van der Waals surface area contributed by atoms with E-state index in [-0.39, 0.29) is 0 Å². The molecule has 0 saturated heterocycles. The predicted octanol–water partition coefficient (Wildman–Crippen LogP) is 2.10. The third kappa shape index (κ3) is 4.88.